The number of benzene rings is 2. The van der Waals surface area contributed by atoms with Crippen LogP contribution in [0.15, 0.2) is 35.2 Å². The number of rotatable bonds is 7. The van der Waals surface area contributed by atoms with Crippen LogP contribution in [0.4, 0.5) is 11.4 Å². The van der Waals surface area contributed by atoms with Gasteiger partial charge in [0.25, 0.3) is 5.91 Å². The van der Waals surface area contributed by atoms with Crippen molar-refractivity contribution in [1.82, 2.24) is 4.31 Å². The number of esters is 1. The minimum atomic E-state index is -3.71. The molecular formula is C21H23Cl2N3O6S. The van der Waals surface area contributed by atoms with E-state index in [4.69, 9.17) is 38.4 Å². The number of carbonyl (C=O) groups is 2. The lowest BCUT2D eigenvalue weighted by atomic mass is 10.2. The molecule has 2 aromatic rings. The molecule has 0 atom stereocenters. The third-order valence-electron chi connectivity index (χ3n) is 5.04. The molecular weight excluding hydrogens is 493 g/mol. The number of hydrogen-bond acceptors (Lipinski definition) is 7. The molecule has 3 rings (SSSR count). The van der Waals surface area contributed by atoms with Crippen LogP contribution in [0.3, 0.4) is 0 Å². The zero-order chi connectivity index (χ0) is 24.2. The van der Waals surface area contributed by atoms with Gasteiger partial charge in [-0.05, 0) is 37.1 Å². The molecule has 2 aromatic carbocycles. The number of sulfonamides is 1. The number of nitrogens with one attached hydrogen (secondary N) is 1. The molecule has 1 heterocycles. The molecule has 1 saturated heterocycles. The van der Waals surface area contributed by atoms with Gasteiger partial charge in [0, 0.05) is 19.2 Å². The van der Waals surface area contributed by atoms with E-state index in [-0.39, 0.29) is 37.6 Å². The number of amides is 1. The van der Waals surface area contributed by atoms with Crippen molar-refractivity contribution >= 4 is 56.5 Å². The predicted molar refractivity (Wildman–Crippen MR) is 125 cm³/mol. The van der Waals surface area contributed by atoms with E-state index in [1.807, 2.05) is 0 Å². The monoisotopic (exact) mass is 515 g/mol. The van der Waals surface area contributed by atoms with Crippen LogP contribution in [0.5, 0.6) is 5.75 Å². The fraction of sp³-hybridized carbons (Fsp3) is 0.333. The SMILES string of the molecule is COc1cc(N)c(Cl)cc1C(=O)OCC(=O)Nc1cc(S(=O)(=O)N2CCCCC2)ccc1Cl. The molecule has 0 spiro atoms. The van der Waals surface area contributed by atoms with Crippen molar-refractivity contribution in [3.05, 3.63) is 45.9 Å². The fourth-order valence-electron chi connectivity index (χ4n) is 3.31. The van der Waals surface area contributed by atoms with Crippen LogP contribution in [0.25, 0.3) is 0 Å². The Kier molecular flexibility index (Phi) is 8.06. The van der Waals surface area contributed by atoms with Gasteiger partial charge in [-0.2, -0.15) is 4.31 Å². The van der Waals surface area contributed by atoms with Crippen molar-refractivity contribution in [3.63, 3.8) is 0 Å². The Morgan fingerprint density at radius 2 is 1.79 bits per heavy atom. The molecule has 12 heteroatoms. The molecule has 0 aromatic heterocycles. The second-order valence-corrected chi connectivity index (χ2v) is 10.1. The van der Waals surface area contributed by atoms with Crippen LogP contribution in [-0.2, 0) is 19.6 Å². The number of ether oxygens (including phenoxy) is 2. The third-order valence-corrected chi connectivity index (χ3v) is 7.59. The van der Waals surface area contributed by atoms with Gasteiger partial charge in [-0.15, -0.1) is 0 Å². The highest BCUT2D eigenvalue weighted by Gasteiger charge is 2.27. The van der Waals surface area contributed by atoms with Crippen molar-refractivity contribution in [2.24, 2.45) is 0 Å². The quantitative estimate of drug-likeness (QED) is 0.426. The first-order chi connectivity index (χ1) is 15.6. The molecule has 0 aliphatic carbocycles. The van der Waals surface area contributed by atoms with E-state index in [1.165, 1.54) is 41.7 Å². The summed E-state index contributed by atoms with van der Waals surface area (Å²) in [5.74, 6) is -1.42. The van der Waals surface area contributed by atoms with Crippen molar-refractivity contribution < 1.29 is 27.5 Å². The highest BCUT2D eigenvalue weighted by molar-refractivity contribution is 7.89. The molecule has 0 saturated carbocycles. The van der Waals surface area contributed by atoms with Gasteiger partial charge in [-0.25, -0.2) is 13.2 Å². The summed E-state index contributed by atoms with van der Waals surface area (Å²) in [6, 6.07) is 6.71. The summed E-state index contributed by atoms with van der Waals surface area (Å²) >= 11 is 12.1. The fourth-order valence-corrected chi connectivity index (χ4v) is 5.18. The van der Waals surface area contributed by atoms with E-state index in [9.17, 15) is 18.0 Å². The Bertz CT molecular complexity index is 1170. The maximum Gasteiger partial charge on any atom is 0.342 e. The summed E-state index contributed by atoms with van der Waals surface area (Å²) in [5, 5.41) is 2.74. The molecule has 0 unspecified atom stereocenters. The summed E-state index contributed by atoms with van der Waals surface area (Å²) in [7, 11) is -2.37. The second-order valence-electron chi connectivity index (χ2n) is 7.30. The summed E-state index contributed by atoms with van der Waals surface area (Å²) in [6.07, 6.45) is 2.58. The number of anilines is 2. The zero-order valence-corrected chi connectivity index (χ0v) is 20.1. The van der Waals surface area contributed by atoms with Crippen molar-refractivity contribution in [2.45, 2.75) is 24.2 Å². The smallest absolute Gasteiger partial charge is 0.342 e. The molecule has 1 fully saturated rings. The number of methoxy groups -OCH3 is 1. The van der Waals surface area contributed by atoms with Crippen molar-refractivity contribution in [3.8, 4) is 5.75 Å². The maximum absolute atomic E-state index is 12.9. The number of nitrogens with zero attached hydrogens (tertiary/aromatic N) is 1. The van der Waals surface area contributed by atoms with Crippen molar-refractivity contribution in [1.29, 1.82) is 0 Å². The normalized spacial score (nSPS) is 14.5. The Labute approximate surface area is 201 Å². The Balaban J connectivity index is 1.69. The number of nitrogen functional groups attached to an aromatic ring is 1. The number of piperidine rings is 1. The summed E-state index contributed by atoms with van der Waals surface area (Å²) in [4.78, 5) is 24.8. The molecule has 1 amide bonds. The standard InChI is InChI=1S/C21H23Cl2N3O6S/c1-31-19-11-17(24)16(23)10-14(19)21(28)32-12-20(27)25-18-9-13(5-6-15(18)22)33(29,30)26-7-3-2-4-8-26/h5-6,9-11H,2-4,7-8,12,24H2,1H3,(H,25,27). The van der Waals surface area contributed by atoms with Crippen LogP contribution in [0.2, 0.25) is 10.0 Å². The summed E-state index contributed by atoms with van der Waals surface area (Å²) in [5.41, 5.74) is 5.99. The van der Waals surface area contributed by atoms with E-state index in [1.54, 1.807) is 0 Å². The maximum atomic E-state index is 12.9. The first-order valence-electron chi connectivity index (χ1n) is 10.0. The van der Waals surface area contributed by atoms with Gasteiger partial charge in [0.1, 0.15) is 11.3 Å². The van der Waals surface area contributed by atoms with Crippen LogP contribution in [-0.4, -0.2) is 51.4 Å². The van der Waals surface area contributed by atoms with Gasteiger partial charge in [0.15, 0.2) is 6.61 Å². The Hall–Kier alpha value is -2.53. The average Bonchev–Trinajstić information content (AvgIpc) is 2.80. The van der Waals surface area contributed by atoms with Crippen molar-refractivity contribution in [2.75, 3.05) is 37.9 Å². The van der Waals surface area contributed by atoms with Gasteiger partial charge in [-0.1, -0.05) is 29.6 Å². The first kappa shape index (κ1) is 25.1. The summed E-state index contributed by atoms with van der Waals surface area (Å²) < 4.78 is 37.3. The molecule has 33 heavy (non-hydrogen) atoms. The Morgan fingerprint density at radius 1 is 1.09 bits per heavy atom. The largest absolute Gasteiger partial charge is 0.496 e. The molecule has 0 bridgehead atoms. The van der Waals surface area contributed by atoms with Crippen LogP contribution in [0, 0.1) is 0 Å². The predicted octanol–water partition coefficient (Wildman–Crippen LogP) is 3.55. The number of carbonyl (C=O) groups excluding carboxylic acids is 2. The van der Waals surface area contributed by atoms with Gasteiger partial charge < -0.3 is 20.5 Å². The lowest BCUT2D eigenvalue weighted by molar-refractivity contribution is -0.119. The topological polar surface area (TPSA) is 128 Å². The second kappa shape index (κ2) is 10.6. The van der Waals surface area contributed by atoms with Crippen LogP contribution in [0.1, 0.15) is 29.6 Å². The van der Waals surface area contributed by atoms with Crippen LogP contribution >= 0.6 is 23.2 Å². The highest BCUT2D eigenvalue weighted by atomic mass is 35.5. The van der Waals surface area contributed by atoms with E-state index in [0.29, 0.717) is 13.1 Å². The zero-order valence-electron chi connectivity index (χ0n) is 17.8. The number of halogens is 2. The molecule has 9 nitrogen and oxygen atoms in total. The minimum Gasteiger partial charge on any atom is -0.496 e. The lowest BCUT2D eigenvalue weighted by Gasteiger charge is -2.26. The molecule has 1 aliphatic heterocycles. The van der Waals surface area contributed by atoms with Gasteiger partial charge in [0.05, 0.1) is 33.4 Å². The number of nitrogens with two attached hydrogens (primary N) is 1. The van der Waals surface area contributed by atoms with Gasteiger partial charge in [0.2, 0.25) is 10.0 Å². The lowest BCUT2D eigenvalue weighted by Crippen LogP contribution is -2.35. The highest BCUT2D eigenvalue weighted by Crippen LogP contribution is 2.30. The van der Waals surface area contributed by atoms with Gasteiger partial charge in [-0.3, -0.25) is 4.79 Å². The molecule has 3 N–H and O–H groups in total. The third kappa shape index (κ3) is 5.89. The Morgan fingerprint density at radius 3 is 2.45 bits per heavy atom. The first-order valence-corrected chi connectivity index (χ1v) is 12.2. The molecule has 1 aliphatic rings. The average molecular weight is 516 g/mol. The van der Waals surface area contributed by atoms with E-state index < -0.39 is 28.5 Å². The molecule has 178 valence electrons. The number of hydrogen-bond donors (Lipinski definition) is 2. The van der Waals surface area contributed by atoms with Crippen LogP contribution < -0.4 is 15.8 Å². The summed E-state index contributed by atoms with van der Waals surface area (Å²) in [6.45, 7) is 0.242. The van der Waals surface area contributed by atoms with E-state index in [0.717, 1.165) is 19.3 Å². The van der Waals surface area contributed by atoms with Gasteiger partial charge >= 0.3 is 5.97 Å². The van der Waals surface area contributed by atoms with E-state index in [2.05, 4.69) is 5.32 Å². The molecule has 0 radical (unpaired) electrons. The minimum absolute atomic E-state index is 0.00263. The van der Waals surface area contributed by atoms with E-state index >= 15 is 0 Å².